The van der Waals surface area contributed by atoms with Crippen LogP contribution in [0.3, 0.4) is 0 Å². The molecule has 2 fully saturated rings. The highest BCUT2D eigenvalue weighted by Crippen LogP contribution is 2.52. The van der Waals surface area contributed by atoms with Crippen molar-refractivity contribution < 1.29 is 14.3 Å². The van der Waals surface area contributed by atoms with Gasteiger partial charge in [0.2, 0.25) is 0 Å². The Morgan fingerprint density at radius 3 is 2.83 bits per heavy atom. The van der Waals surface area contributed by atoms with Crippen LogP contribution in [-0.2, 0) is 9.53 Å². The van der Waals surface area contributed by atoms with Gasteiger partial charge in [-0.25, -0.2) is 0 Å². The minimum atomic E-state index is -0.569. The van der Waals surface area contributed by atoms with Crippen molar-refractivity contribution >= 4 is 23.5 Å². The number of hydrogen-bond donors (Lipinski definition) is 0. The van der Waals surface area contributed by atoms with E-state index in [-0.39, 0.29) is 24.0 Å². The van der Waals surface area contributed by atoms with Crippen LogP contribution in [0.5, 0.6) is 0 Å². The molecule has 0 aromatic carbocycles. The molecule has 1 aromatic heterocycles. The zero-order valence-electron chi connectivity index (χ0n) is 13.4. The molecule has 23 heavy (non-hydrogen) atoms. The average molecular weight is 337 g/mol. The lowest BCUT2D eigenvalue weighted by atomic mass is 9.72. The zero-order chi connectivity index (χ0) is 16.6. The highest BCUT2D eigenvalue weighted by molar-refractivity contribution is 6.30. The van der Waals surface area contributed by atoms with Gasteiger partial charge in [0.15, 0.2) is 0 Å². The summed E-state index contributed by atoms with van der Waals surface area (Å²) < 4.78 is 5.32. The van der Waals surface area contributed by atoms with Crippen molar-refractivity contribution in [2.75, 3.05) is 6.61 Å². The largest absolute Gasteiger partial charge is 0.466 e. The Balaban J connectivity index is 1.90. The second kappa shape index (κ2) is 6.11. The first-order valence-electron chi connectivity index (χ1n) is 8.14. The van der Waals surface area contributed by atoms with Gasteiger partial charge in [-0.15, -0.1) is 0 Å². The van der Waals surface area contributed by atoms with Crippen LogP contribution < -0.4 is 0 Å². The van der Waals surface area contributed by atoms with E-state index in [1.54, 1.807) is 6.07 Å². The number of rotatable bonds is 4. The molecule has 2 saturated heterocycles. The maximum Gasteiger partial charge on any atom is 0.314 e. The molecule has 5 nitrogen and oxygen atoms in total. The minimum absolute atomic E-state index is 0.0906. The molecule has 3 rings (SSSR count). The maximum absolute atomic E-state index is 12.9. The summed E-state index contributed by atoms with van der Waals surface area (Å²) in [5.41, 5.74) is -0.0919. The summed E-state index contributed by atoms with van der Waals surface area (Å²) in [4.78, 5) is 31.3. The van der Waals surface area contributed by atoms with E-state index in [9.17, 15) is 9.59 Å². The first-order chi connectivity index (χ1) is 11.0. The molecule has 0 spiro atoms. The third-order valence-electron chi connectivity index (χ3n) is 5.24. The van der Waals surface area contributed by atoms with E-state index in [0.717, 1.165) is 12.8 Å². The number of ether oxygens (including phenoxy) is 1. The first kappa shape index (κ1) is 16.2. The summed E-state index contributed by atoms with van der Waals surface area (Å²) in [5, 5.41) is 0.439. The lowest BCUT2D eigenvalue weighted by Gasteiger charge is -2.34. The predicted octanol–water partition coefficient (Wildman–Crippen LogP) is 3.07. The molecular formula is C17H21ClN2O3. The Labute approximate surface area is 141 Å². The Bertz CT molecular complexity index is 636. The molecule has 0 saturated carbocycles. The van der Waals surface area contributed by atoms with Gasteiger partial charge in [-0.2, -0.15) is 0 Å². The fraction of sp³-hybridized carbons (Fsp3) is 0.588. The zero-order valence-corrected chi connectivity index (χ0v) is 14.2. The molecule has 124 valence electrons. The lowest BCUT2D eigenvalue weighted by molar-refractivity contribution is -0.157. The summed E-state index contributed by atoms with van der Waals surface area (Å²) in [7, 11) is 0. The van der Waals surface area contributed by atoms with E-state index in [0.29, 0.717) is 30.0 Å². The molecule has 1 aromatic rings. The molecule has 3 heterocycles. The van der Waals surface area contributed by atoms with E-state index in [2.05, 4.69) is 4.98 Å². The van der Waals surface area contributed by atoms with E-state index < -0.39 is 5.41 Å². The number of nitrogens with zero attached hydrogens (tertiary/aromatic N) is 2. The summed E-state index contributed by atoms with van der Waals surface area (Å²) >= 11 is 5.95. The van der Waals surface area contributed by atoms with Crippen LogP contribution in [0, 0.1) is 5.41 Å². The van der Waals surface area contributed by atoms with Gasteiger partial charge in [0.1, 0.15) is 0 Å². The average Bonchev–Trinajstić information content (AvgIpc) is 3.10. The molecule has 2 aliphatic heterocycles. The summed E-state index contributed by atoms with van der Waals surface area (Å²) in [6.45, 7) is 4.18. The fourth-order valence-corrected chi connectivity index (χ4v) is 4.36. The molecule has 2 bridgehead atoms. The van der Waals surface area contributed by atoms with Crippen molar-refractivity contribution in [3.8, 4) is 0 Å². The Morgan fingerprint density at radius 2 is 2.17 bits per heavy atom. The van der Waals surface area contributed by atoms with Crippen molar-refractivity contribution in [3.63, 3.8) is 0 Å². The maximum atomic E-state index is 12.9. The molecule has 6 heteroatoms. The number of carbonyl (C=O) groups is 2. The number of carbonyl (C=O) groups excluding carboxylic acids is 2. The second-order valence-electron chi connectivity index (χ2n) is 6.29. The van der Waals surface area contributed by atoms with E-state index >= 15 is 0 Å². The van der Waals surface area contributed by atoms with Gasteiger partial charge in [0.25, 0.3) is 5.91 Å². The molecule has 0 unspecified atom stereocenters. The third kappa shape index (κ3) is 2.51. The fourth-order valence-electron chi connectivity index (χ4n) is 4.19. The van der Waals surface area contributed by atoms with Gasteiger partial charge in [-0.3, -0.25) is 14.6 Å². The van der Waals surface area contributed by atoms with Crippen LogP contribution in [-0.4, -0.2) is 40.5 Å². The van der Waals surface area contributed by atoms with Crippen LogP contribution >= 0.6 is 11.6 Å². The minimum Gasteiger partial charge on any atom is -0.466 e. The Morgan fingerprint density at radius 1 is 1.39 bits per heavy atom. The quantitative estimate of drug-likeness (QED) is 0.793. The SMILES string of the molecule is CCOC(=O)[C@@]1(CC)C[C@H]2CC[C@@H]1N2C(=O)c1cncc(Cl)c1. The molecule has 0 N–H and O–H groups in total. The normalized spacial score (nSPS) is 28.9. The van der Waals surface area contributed by atoms with Gasteiger partial charge >= 0.3 is 5.97 Å². The van der Waals surface area contributed by atoms with Gasteiger partial charge < -0.3 is 9.64 Å². The highest BCUT2D eigenvalue weighted by atomic mass is 35.5. The van der Waals surface area contributed by atoms with Gasteiger partial charge in [0.05, 0.1) is 22.6 Å². The first-order valence-corrected chi connectivity index (χ1v) is 8.51. The van der Waals surface area contributed by atoms with Crippen molar-refractivity contribution in [2.45, 2.75) is 51.6 Å². The lowest BCUT2D eigenvalue weighted by Crippen LogP contribution is -2.45. The number of esters is 1. The molecule has 1 amide bonds. The topological polar surface area (TPSA) is 59.5 Å². The van der Waals surface area contributed by atoms with Gasteiger partial charge in [-0.1, -0.05) is 18.5 Å². The summed E-state index contributed by atoms with van der Waals surface area (Å²) in [6.07, 6.45) is 6.19. The molecule has 2 aliphatic rings. The van der Waals surface area contributed by atoms with Crippen LogP contribution in [0.1, 0.15) is 49.9 Å². The molecular weight excluding hydrogens is 316 g/mol. The molecule has 0 radical (unpaired) electrons. The van der Waals surface area contributed by atoms with Crippen LogP contribution in [0.4, 0.5) is 0 Å². The number of pyridine rings is 1. The van der Waals surface area contributed by atoms with E-state index in [4.69, 9.17) is 16.3 Å². The molecule has 0 aliphatic carbocycles. The van der Waals surface area contributed by atoms with Crippen molar-refractivity contribution in [1.29, 1.82) is 0 Å². The van der Waals surface area contributed by atoms with Crippen molar-refractivity contribution in [2.24, 2.45) is 5.41 Å². The third-order valence-corrected chi connectivity index (χ3v) is 5.45. The number of aromatic nitrogens is 1. The van der Waals surface area contributed by atoms with Gasteiger partial charge in [0, 0.05) is 24.5 Å². The van der Waals surface area contributed by atoms with Crippen LogP contribution in [0.25, 0.3) is 0 Å². The van der Waals surface area contributed by atoms with Crippen LogP contribution in [0.15, 0.2) is 18.5 Å². The van der Waals surface area contributed by atoms with Gasteiger partial charge in [-0.05, 0) is 38.7 Å². The van der Waals surface area contributed by atoms with E-state index in [1.807, 2.05) is 18.7 Å². The van der Waals surface area contributed by atoms with Crippen molar-refractivity contribution in [1.82, 2.24) is 9.88 Å². The smallest absolute Gasteiger partial charge is 0.314 e. The summed E-state index contributed by atoms with van der Waals surface area (Å²) in [5.74, 6) is -0.260. The standard InChI is InChI=1S/C17H21ClN2O3/c1-3-17(16(22)23-4-2)8-13-5-6-14(17)20(13)15(21)11-7-12(18)10-19-9-11/h7,9-10,13-14H,3-6,8H2,1-2H3/t13-,14+,17+/m1/s1. The molecule has 3 atom stereocenters. The van der Waals surface area contributed by atoms with E-state index in [1.165, 1.54) is 12.4 Å². The number of fused-ring (bicyclic) bond motifs is 2. The Kier molecular flexibility index (Phi) is 4.32. The number of hydrogen-bond acceptors (Lipinski definition) is 4. The monoisotopic (exact) mass is 336 g/mol. The number of amides is 1. The second-order valence-corrected chi connectivity index (χ2v) is 6.72. The highest BCUT2D eigenvalue weighted by Gasteiger charge is 2.61. The summed E-state index contributed by atoms with van der Waals surface area (Å²) in [6, 6.07) is 1.63. The van der Waals surface area contributed by atoms with Crippen LogP contribution in [0.2, 0.25) is 5.02 Å². The number of halogens is 1. The Hall–Kier alpha value is -1.62. The van der Waals surface area contributed by atoms with Crippen molar-refractivity contribution in [3.05, 3.63) is 29.0 Å². The predicted molar refractivity (Wildman–Crippen MR) is 86.2 cm³/mol.